The molecule has 1 aliphatic carbocycles. The minimum Gasteiger partial charge on any atom is -0.459 e. The number of fused-ring (bicyclic) bond motifs is 2. The summed E-state index contributed by atoms with van der Waals surface area (Å²) in [5.41, 5.74) is 11.9. The van der Waals surface area contributed by atoms with Crippen LogP contribution < -0.4 is 16.8 Å². The van der Waals surface area contributed by atoms with Gasteiger partial charge in [-0.1, -0.05) is 38.2 Å². The van der Waals surface area contributed by atoms with Gasteiger partial charge in [-0.3, -0.25) is 19.2 Å². The van der Waals surface area contributed by atoms with Crippen LogP contribution in [-0.4, -0.2) is 68.2 Å². The molecule has 4 unspecified atom stereocenters. The van der Waals surface area contributed by atoms with Crippen molar-refractivity contribution in [2.24, 2.45) is 23.3 Å². The Morgan fingerprint density at radius 3 is 2.29 bits per heavy atom. The van der Waals surface area contributed by atoms with Crippen molar-refractivity contribution < 1.29 is 42.9 Å². The van der Waals surface area contributed by atoms with Crippen molar-refractivity contribution in [1.29, 1.82) is 0 Å². The van der Waals surface area contributed by atoms with Gasteiger partial charge in [0.15, 0.2) is 6.10 Å². The maximum atomic E-state index is 13.3. The molecule has 0 aromatic rings. The van der Waals surface area contributed by atoms with E-state index >= 15 is 0 Å². The first-order valence-corrected chi connectivity index (χ1v) is 13.5. The molecular formula is C30H41N3O9. The number of methoxy groups -OCH3 is 2. The summed E-state index contributed by atoms with van der Waals surface area (Å²) in [7, 11) is 2.90. The van der Waals surface area contributed by atoms with Crippen LogP contribution >= 0.6 is 0 Å². The molecule has 0 spiro atoms. The van der Waals surface area contributed by atoms with Crippen molar-refractivity contribution >= 4 is 29.5 Å². The van der Waals surface area contributed by atoms with Crippen LogP contribution in [0.1, 0.15) is 47.5 Å². The number of nitrogens with one attached hydrogen (secondary N) is 1. The van der Waals surface area contributed by atoms with Crippen LogP contribution in [0.3, 0.4) is 0 Å². The summed E-state index contributed by atoms with van der Waals surface area (Å²) in [5.74, 6) is -2.97. The first kappa shape index (κ1) is 34.2. The number of rotatable bonds is 4. The molecule has 0 aromatic carbocycles. The molecule has 1 heterocycles. The van der Waals surface area contributed by atoms with E-state index in [9.17, 15) is 24.0 Å². The number of esters is 1. The Bertz CT molecular complexity index is 1240. The summed E-state index contributed by atoms with van der Waals surface area (Å²) >= 11 is 0. The average molecular weight is 588 g/mol. The Morgan fingerprint density at radius 2 is 1.71 bits per heavy atom. The zero-order valence-corrected chi connectivity index (χ0v) is 25.1. The Morgan fingerprint density at radius 1 is 1.05 bits per heavy atom. The maximum Gasteiger partial charge on any atom is 0.405 e. The first-order valence-electron chi connectivity index (χ1n) is 13.5. The predicted molar refractivity (Wildman–Crippen MR) is 153 cm³/mol. The van der Waals surface area contributed by atoms with Crippen molar-refractivity contribution in [2.45, 2.75) is 71.9 Å². The van der Waals surface area contributed by atoms with Gasteiger partial charge in [0.1, 0.15) is 12.2 Å². The number of hydrogen-bond donors (Lipinski definition) is 3. The Labute approximate surface area is 245 Å². The number of ketones is 2. The number of Topliss-reactive ketones (excluding diaryl/α,β-unsaturated/α-hetero) is 1. The molecular weight excluding hydrogens is 546 g/mol. The fraction of sp³-hybridized carbons (Fsp3) is 0.500. The van der Waals surface area contributed by atoms with Gasteiger partial charge in [0.05, 0.1) is 17.5 Å². The lowest BCUT2D eigenvalue weighted by Gasteiger charge is -2.32. The molecule has 2 aliphatic rings. The molecule has 2 bridgehead atoms. The van der Waals surface area contributed by atoms with Crippen LogP contribution in [0.25, 0.3) is 0 Å². The van der Waals surface area contributed by atoms with Gasteiger partial charge >= 0.3 is 12.1 Å². The molecule has 0 aromatic heterocycles. The smallest absolute Gasteiger partial charge is 0.405 e. The third kappa shape index (κ3) is 8.98. The maximum absolute atomic E-state index is 13.3. The molecule has 0 fully saturated rings. The fourth-order valence-electron chi connectivity index (χ4n) is 4.97. The summed E-state index contributed by atoms with van der Waals surface area (Å²) in [4.78, 5) is 62.7. The third-order valence-corrected chi connectivity index (χ3v) is 7.10. The second kappa shape index (κ2) is 15.3. The number of allylic oxidation sites excluding steroid dienone is 4. The Hall–Kier alpha value is -4.03. The van der Waals surface area contributed by atoms with E-state index in [0.717, 1.165) is 6.08 Å². The number of ether oxygens (including phenoxy) is 4. The molecule has 2 rings (SSSR count). The van der Waals surface area contributed by atoms with E-state index in [4.69, 9.17) is 30.4 Å². The van der Waals surface area contributed by atoms with Crippen LogP contribution in [0.5, 0.6) is 0 Å². The van der Waals surface area contributed by atoms with E-state index in [1.165, 1.54) is 40.2 Å². The van der Waals surface area contributed by atoms with Crippen LogP contribution in [-0.2, 0) is 38.1 Å². The lowest BCUT2D eigenvalue weighted by molar-refractivity contribution is -0.157. The van der Waals surface area contributed by atoms with Crippen molar-refractivity contribution in [3.63, 3.8) is 0 Å². The van der Waals surface area contributed by atoms with Gasteiger partial charge in [-0.05, 0) is 38.2 Å². The molecule has 0 saturated carbocycles. The summed E-state index contributed by atoms with van der Waals surface area (Å²) < 4.78 is 22.4. The lowest BCUT2D eigenvalue weighted by Crippen LogP contribution is -2.39. The van der Waals surface area contributed by atoms with E-state index in [1.54, 1.807) is 19.1 Å². The second-order valence-electron chi connectivity index (χ2n) is 10.6. The van der Waals surface area contributed by atoms with Gasteiger partial charge in [0, 0.05) is 44.3 Å². The van der Waals surface area contributed by atoms with E-state index < -0.39 is 59.9 Å². The third-order valence-electron chi connectivity index (χ3n) is 7.10. The molecule has 230 valence electrons. The Balaban J connectivity index is 2.67. The monoisotopic (exact) mass is 587 g/mol. The van der Waals surface area contributed by atoms with Crippen molar-refractivity contribution in [3.8, 4) is 0 Å². The molecule has 12 heteroatoms. The van der Waals surface area contributed by atoms with E-state index in [1.807, 2.05) is 13.8 Å². The molecule has 42 heavy (non-hydrogen) atoms. The number of hydrogen-bond acceptors (Lipinski definition) is 10. The molecule has 0 saturated heterocycles. The standard InChI is InChI=1S/C30H41N3O9/c1-15-11-20-25(31)22(35)14-21(26(20)36)33-29(37)16(2)9-8-10-23(39-6)27(42-30(32)38)17(3)13-18(4)28(41-19(5)34)24(12-15)40-7/h8-10,13-15,18,23-24,27-28H,11-12,31H2,1-7H3,(H2,32,38)(H,33,37)/b10-8-,16-9+,17-13+/t15-,18?,23?,24?,27?,28-/m1/s1. The number of carbonyl (C=O) groups excluding carboxylic acids is 5. The lowest BCUT2D eigenvalue weighted by atomic mass is 9.85. The minimum atomic E-state index is -1.02. The van der Waals surface area contributed by atoms with Gasteiger partial charge in [-0.25, -0.2) is 4.79 Å². The first-order chi connectivity index (χ1) is 19.7. The largest absolute Gasteiger partial charge is 0.459 e. The van der Waals surface area contributed by atoms with Gasteiger partial charge in [0.25, 0.3) is 5.91 Å². The van der Waals surface area contributed by atoms with Gasteiger partial charge < -0.3 is 35.7 Å². The molecule has 0 radical (unpaired) electrons. The number of primary amides is 1. The highest BCUT2D eigenvalue weighted by molar-refractivity contribution is 6.23. The van der Waals surface area contributed by atoms with Crippen LogP contribution in [0, 0.1) is 11.8 Å². The van der Waals surface area contributed by atoms with Crippen LogP contribution in [0.4, 0.5) is 4.79 Å². The highest BCUT2D eigenvalue weighted by Gasteiger charge is 2.34. The highest BCUT2D eigenvalue weighted by atomic mass is 16.6. The van der Waals surface area contributed by atoms with E-state index in [0.29, 0.717) is 12.0 Å². The van der Waals surface area contributed by atoms with E-state index in [2.05, 4.69) is 5.32 Å². The number of nitrogens with two attached hydrogens (primary N) is 2. The van der Waals surface area contributed by atoms with Crippen molar-refractivity contribution in [1.82, 2.24) is 5.32 Å². The van der Waals surface area contributed by atoms with Crippen LogP contribution in [0.15, 0.2) is 58.5 Å². The summed E-state index contributed by atoms with van der Waals surface area (Å²) in [5, 5.41) is 2.50. The molecule has 5 N–H and O–H groups in total. The molecule has 12 nitrogen and oxygen atoms in total. The summed E-state index contributed by atoms with van der Waals surface area (Å²) in [6, 6.07) is 0. The predicted octanol–water partition coefficient (Wildman–Crippen LogP) is 2.29. The minimum absolute atomic E-state index is 0.0850. The van der Waals surface area contributed by atoms with Crippen molar-refractivity contribution in [2.75, 3.05) is 14.2 Å². The highest BCUT2D eigenvalue weighted by Crippen LogP contribution is 2.29. The topological polar surface area (TPSA) is 186 Å². The van der Waals surface area contributed by atoms with Crippen molar-refractivity contribution in [3.05, 3.63) is 58.5 Å². The average Bonchev–Trinajstić information content (AvgIpc) is 2.91. The zero-order valence-electron chi connectivity index (χ0n) is 25.1. The summed E-state index contributed by atoms with van der Waals surface area (Å²) in [6.07, 6.45) is 3.62. The fourth-order valence-corrected chi connectivity index (χ4v) is 4.97. The summed E-state index contributed by atoms with van der Waals surface area (Å²) in [6.45, 7) is 8.20. The van der Waals surface area contributed by atoms with Gasteiger partial charge in [0.2, 0.25) is 11.6 Å². The quantitative estimate of drug-likeness (QED) is 0.250. The van der Waals surface area contributed by atoms with Gasteiger partial charge in [-0.2, -0.15) is 0 Å². The Kier molecular flexibility index (Phi) is 12.4. The van der Waals surface area contributed by atoms with E-state index in [-0.39, 0.29) is 34.9 Å². The molecule has 2 amide bonds. The zero-order chi connectivity index (χ0) is 31.7. The second-order valence-corrected chi connectivity index (χ2v) is 10.6. The number of amides is 2. The number of carbonyl (C=O) groups is 5. The molecule has 1 aliphatic heterocycles. The SMILES string of the molecule is COC1/C=C\C=C(/C)C(=O)NC2=CC(=O)C(N)=C(C[C@@H](C)CC(OC)[C@H](OC(C)=O)C(C)/C=C(\C)C1OC(N)=O)C2=O. The normalized spacial score (nSPS) is 31.6. The molecule has 6 atom stereocenters. The van der Waals surface area contributed by atoms with Gasteiger partial charge in [-0.15, -0.1) is 0 Å². The van der Waals surface area contributed by atoms with Crippen LogP contribution in [0.2, 0.25) is 0 Å².